The molecule has 120 valence electrons. The summed E-state index contributed by atoms with van der Waals surface area (Å²) < 4.78 is 39.1. The second kappa shape index (κ2) is 6.23. The summed E-state index contributed by atoms with van der Waals surface area (Å²) in [6, 6.07) is 5.28. The molecule has 1 aliphatic heterocycles. The van der Waals surface area contributed by atoms with E-state index in [2.05, 4.69) is 9.71 Å². The minimum absolute atomic E-state index is 0.0375. The predicted octanol–water partition coefficient (Wildman–Crippen LogP) is 1.66. The van der Waals surface area contributed by atoms with Gasteiger partial charge in [-0.2, -0.15) is 17.4 Å². The molecule has 1 aromatic heterocycles. The Hall–Kier alpha value is -1.64. The van der Waals surface area contributed by atoms with Crippen LogP contribution in [0.5, 0.6) is 5.75 Å². The highest BCUT2D eigenvalue weighted by Gasteiger charge is 2.23. The number of aromatic nitrogens is 1. The van der Waals surface area contributed by atoms with Crippen LogP contribution in [-0.2, 0) is 16.8 Å². The molecule has 7 nitrogen and oxygen atoms in total. The predicted molar refractivity (Wildman–Crippen MR) is 81.7 cm³/mol. The van der Waals surface area contributed by atoms with Crippen molar-refractivity contribution >= 4 is 21.3 Å². The highest BCUT2D eigenvalue weighted by Crippen LogP contribution is 2.21. The van der Waals surface area contributed by atoms with Gasteiger partial charge in [0.15, 0.2) is 5.58 Å². The van der Waals surface area contributed by atoms with Crippen LogP contribution in [0.2, 0.25) is 0 Å². The number of hydrogen-bond donors (Lipinski definition) is 1. The van der Waals surface area contributed by atoms with Crippen molar-refractivity contribution < 1.29 is 17.6 Å². The average Bonchev–Trinajstić information content (AvgIpc) is 2.96. The van der Waals surface area contributed by atoms with Crippen LogP contribution in [-0.4, -0.2) is 37.9 Å². The fraction of sp³-hybridized carbons (Fsp3) is 0.500. The van der Waals surface area contributed by atoms with Crippen LogP contribution in [0.15, 0.2) is 22.6 Å². The third kappa shape index (κ3) is 3.23. The van der Waals surface area contributed by atoms with Gasteiger partial charge in [0, 0.05) is 19.2 Å². The second-order valence-electron chi connectivity index (χ2n) is 5.23. The molecule has 0 amide bonds. The van der Waals surface area contributed by atoms with Crippen LogP contribution in [0.4, 0.5) is 0 Å². The molecular formula is C14H19N3O4S. The molecule has 1 aromatic carbocycles. The molecule has 0 unspecified atom stereocenters. The number of benzene rings is 1. The second-order valence-corrected chi connectivity index (χ2v) is 6.98. The van der Waals surface area contributed by atoms with E-state index in [0.717, 1.165) is 19.3 Å². The SMILES string of the molecule is COc1ccc2oc(CNS(=O)(=O)N3CCCCC3)nc2c1. The number of methoxy groups -OCH3 is 1. The maximum absolute atomic E-state index is 12.2. The summed E-state index contributed by atoms with van der Waals surface area (Å²) in [6.07, 6.45) is 2.90. The lowest BCUT2D eigenvalue weighted by molar-refractivity contribution is 0.340. The molecule has 1 aliphatic rings. The maximum atomic E-state index is 12.2. The lowest BCUT2D eigenvalue weighted by atomic mass is 10.2. The molecule has 8 heteroatoms. The summed E-state index contributed by atoms with van der Waals surface area (Å²) in [5.41, 5.74) is 1.25. The lowest BCUT2D eigenvalue weighted by Crippen LogP contribution is -2.43. The van der Waals surface area contributed by atoms with Gasteiger partial charge >= 0.3 is 0 Å². The van der Waals surface area contributed by atoms with Gasteiger partial charge in [0.25, 0.3) is 10.2 Å². The standard InChI is InChI=1S/C14H19N3O4S/c1-20-11-5-6-13-12(9-11)16-14(21-13)10-15-22(18,19)17-7-3-2-4-8-17/h5-6,9,15H,2-4,7-8,10H2,1H3. The summed E-state index contributed by atoms with van der Waals surface area (Å²) in [5.74, 6) is 1.02. The summed E-state index contributed by atoms with van der Waals surface area (Å²) in [7, 11) is -1.89. The van der Waals surface area contributed by atoms with Crippen molar-refractivity contribution in [3.05, 3.63) is 24.1 Å². The molecule has 0 saturated carbocycles. The van der Waals surface area contributed by atoms with E-state index < -0.39 is 10.2 Å². The molecule has 1 N–H and O–H groups in total. The Bertz CT molecular complexity index is 751. The van der Waals surface area contributed by atoms with Crippen LogP contribution >= 0.6 is 0 Å². The summed E-state index contributed by atoms with van der Waals surface area (Å²) in [5, 5.41) is 0. The van der Waals surface area contributed by atoms with Crippen molar-refractivity contribution in [1.29, 1.82) is 0 Å². The third-order valence-corrected chi connectivity index (χ3v) is 5.25. The number of piperidine rings is 1. The van der Waals surface area contributed by atoms with Crippen molar-refractivity contribution in [3.8, 4) is 5.75 Å². The van der Waals surface area contributed by atoms with Gasteiger partial charge in [0.05, 0.1) is 13.7 Å². The van der Waals surface area contributed by atoms with Gasteiger partial charge < -0.3 is 9.15 Å². The Labute approximate surface area is 129 Å². The number of hydrogen-bond acceptors (Lipinski definition) is 5. The number of rotatable bonds is 5. The smallest absolute Gasteiger partial charge is 0.279 e. The van der Waals surface area contributed by atoms with Gasteiger partial charge in [-0.05, 0) is 25.0 Å². The molecule has 2 heterocycles. The summed E-state index contributed by atoms with van der Waals surface area (Å²) >= 11 is 0. The van der Waals surface area contributed by atoms with Gasteiger partial charge in [0.2, 0.25) is 5.89 Å². The molecule has 0 spiro atoms. The number of nitrogens with one attached hydrogen (secondary N) is 1. The largest absolute Gasteiger partial charge is 0.497 e. The number of ether oxygens (including phenoxy) is 1. The maximum Gasteiger partial charge on any atom is 0.279 e. The van der Waals surface area contributed by atoms with Crippen molar-refractivity contribution in [2.45, 2.75) is 25.8 Å². The monoisotopic (exact) mass is 325 g/mol. The van der Waals surface area contributed by atoms with Crippen molar-refractivity contribution in [1.82, 2.24) is 14.0 Å². The molecule has 0 aliphatic carbocycles. The third-order valence-electron chi connectivity index (χ3n) is 3.70. The first kappa shape index (κ1) is 15.3. The molecular weight excluding hydrogens is 306 g/mol. The van der Waals surface area contributed by atoms with Gasteiger partial charge in [-0.1, -0.05) is 6.42 Å². The molecule has 2 aromatic rings. The fourth-order valence-electron chi connectivity index (χ4n) is 2.51. The van der Waals surface area contributed by atoms with Crippen LogP contribution in [0, 0.1) is 0 Å². The van der Waals surface area contributed by atoms with Crippen LogP contribution < -0.4 is 9.46 Å². The van der Waals surface area contributed by atoms with E-state index in [1.54, 1.807) is 25.3 Å². The molecule has 0 radical (unpaired) electrons. The van der Waals surface area contributed by atoms with Crippen molar-refractivity contribution in [2.75, 3.05) is 20.2 Å². The molecule has 0 atom stereocenters. The minimum Gasteiger partial charge on any atom is -0.497 e. The van der Waals surface area contributed by atoms with Crippen LogP contribution in [0.1, 0.15) is 25.2 Å². The van der Waals surface area contributed by atoms with Gasteiger partial charge in [-0.25, -0.2) is 4.98 Å². The molecule has 1 saturated heterocycles. The van der Waals surface area contributed by atoms with E-state index in [1.807, 2.05) is 0 Å². The fourth-order valence-corrected chi connectivity index (χ4v) is 3.73. The zero-order chi connectivity index (χ0) is 15.6. The molecule has 22 heavy (non-hydrogen) atoms. The average molecular weight is 325 g/mol. The normalized spacial score (nSPS) is 17.0. The summed E-state index contributed by atoms with van der Waals surface area (Å²) in [4.78, 5) is 4.28. The minimum atomic E-state index is -3.47. The van der Waals surface area contributed by atoms with Gasteiger partial charge in [-0.3, -0.25) is 0 Å². The van der Waals surface area contributed by atoms with Gasteiger partial charge in [-0.15, -0.1) is 0 Å². The van der Waals surface area contributed by atoms with Crippen molar-refractivity contribution in [2.24, 2.45) is 0 Å². The summed E-state index contributed by atoms with van der Waals surface area (Å²) in [6.45, 7) is 1.18. The van der Waals surface area contributed by atoms with Crippen LogP contribution in [0.25, 0.3) is 11.1 Å². The Kier molecular flexibility index (Phi) is 4.32. The topological polar surface area (TPSA) is 84.7 Å². The highest BCUT2D eigenvalue weighted by molar-refractivity contribution is 7.87. The zero-order valence-electron chi connectivity index (χ0n) is 12.4. The molecule has 3 rings (SSSR count). The van der Waals surface area contributed by atoms with Gasteiger partial charge in [0.1, 0.15) is 11.3 Å². The van der Waals surface area contributed by atoms with E-state index in [-0.39, 0.29) is 6.54 Å². The van der Waals surface area contributed by atoms with E-state index >= 15 is 0 Å². The van der Waals surface area contributed by atoms with E-state index in [0.29, 0.717) is 35.8 Å². The van der Waals surface area contributed by atoms with E-state index in [9.17, 15) is 8.42 Å². The number of oxazole rings is 1. The molecule has 0 bridgehead atoms. The van der Waals surface area contributed by atoms with E-state index in [1.165, 1.54) is 4.31 Å². The number of fused-ring (bicyclic) bond motifs is 1. The lowest BCUT2D eigenvalue weighted by Gasteiger charge is -2.25. The quantitative estimate of drug-likeness (QED) is 0.903. The Morgan fingerprint density at radius 2 is 2.09 bits per heavy atom. The van der Waals surface area contributed by atoms with Crippen molar-refractivity contribution in [3.63, 3.8) is 0 Å². The Morgan fingerprint density at radius 3 is 2.82 bits per heavy atom. The number of nitrogens with zero attached hydrogens (tertiary/aromatic N) is 2. The highest BCUT2D eigenvalue weighted by atomic mass is 32.2. The first-order valence-electron chi connectivity index (χ1n) is 7.27. The van der Waals surface area contributed by atoms with Crippen LogP contribution in [0.3, 0.4) is 0 Å². The first-order chi connectivity index (χ1) is 10.6. The Morgan fingerprint density at radius 1 is 1.32 bits per heavy atom. The van der Waals surface area contributed by atoms with E-state index in [4.69, 9.17) is 9.15 Å². The first-order valence-corrected chi connectivity index (χ1v) is 8.71. The zero-order valence-corrected chi connectivity index (χ0v) is 13.2. The Balaban J connectivity index is 1.70. The molecule has 1 fully saturated rings.